The van der Waals surface area contributed by atoms with Gasteiger partial charge in [0, 0.05) is 6.04 Å². The minimum Gasteiger partial charge on any atom is -0.496 e. The molecule has 0 amide bonds. The van der Waals surface area contributed by atoms with Crippen LogP contribution in [0.2, 0.25) is 0 Å². The maximum atomic E-state index is 10.2. The predicted molar refractivity (Wildman–Crippen MR) is 65.9 cm³/mol. The molecule has 0 fully saturated rings. The van der Waals surface area contributed by atoms with Crippen LogP contribution in [0, 0.1) is 13.8 Å². The van der Waals surface area contributed by atoms with Crippen molar-refractivity contribution in [2.24, 2.45) is 0 Å². The summed E-state index contributed by atoms with van der Waals surface area (Å²) in [6.45, 7) is 5.94. The van der Waals surface area contributed by atoms with Gasteiger partial charge in [-0.1, -0.05) is 0 Å². The second-order valence-corrected chi connectivity index (χ2v) is 4.20. The standard InChI is InChI=1S/C13H21NO2/c1-8-7-12(16-5)9(2)6-11(8)13(15)10(3)14-4/h6-7,10,13-15H,1-5H3. The van der Waals surface area contributed by atoms with Crippen LogP contribution in [0.25, 0.3) is 0 Å². The van der Waals surface area contributed by atoms with Gasteiger partial charge in [0.2, 0.25) is 0 Å². The van der Waals surface area contributed by atoms with Crippen molar-refractivity contribution >= 4 is 0 Å². The van der Waals surface area contributed by atoms with Gasteiger partial charge in [-0.2, -0.15) is 0 Å². The van der Waals surface area contributed by atoms with E-state index < -0.39 is 6.10 Å². The molecule has 2 N–H and O–H groups in total. The molecule has 1 aromatic rings. The number of aliphatic hydroxyl groups excluding tert-OH is 1. The summed E-state index contributed by atoms with van der Waals surface area (Å²) >= 11 is 0. The van der Waals surface area contributed by atoms with E-state index in [9.17, 15) is 5.11 Å². The Labute approximate surface area is 97.4 Å². The van der Waals surface area contributed by atoms with Crippen molar-refractivity contribution in [2.45, 2.75) is 32.9 Å². The smallest absolute Gasteiger partial charge is 0.122 e. The molecule has 0 bridgehead atoms. The third kappa shape index (κ3) is 2.54. The lowest BCUT2D eigenvalue weighted by atomic mass is 9.96. The zero-order valence-electron chi connectivity index (χ0n) is 10.7. The van der Waals surface area contributed by atoms with Crippen LogP contribution in [0.5, 0.6) is 5.75 Å². The van der Waals surface area contributed by atoms with Gasteiger partial charge in [-0.15, -0.1) is 0 Å². The number of hydrogen-bond acceptors (Lipinski definition) is 3. The van der Waals surface area contributed by atoms with Gasteiger partial charge in [0.1, 0.15) is 5.75 Å². The van der Waals surface area contributed by atoms with Gasteiger partial charge in [0.15, 0.2) is 0 Å². The van der Waals surface area contributed by atoms with Crippen molar-refractivity contribution in [3.8, 4) is 5.75 Å². The second-order valence-electron chi connectivity index (χ2n) is 4.20. The molecular weight excluding hydrogens is 202 g/mol. The van der Waals surface area contributed by atoms with Gasteiger partial charge in [0.05, 0.1) is 13.2 Å². The van der Waals surface area contributed by atoms with Gasteiger partial charge in [0.25, 0.3) is 0 Å². The Morgan fingerprint density at radius 2 is 1.88 bits per heavy atom. The lowest BCUT2D eigenvalue weighted by Crippen LogP contribution is -2.29. The molecule has 0 aliphatic rings. The number of benzene rings is 1. The first-order valence-electron chi connectivity index (χ1n) is 5.51. The first-order valence-corrected chi connectivity index (χ1v) is 5.51. The number of rotatable bonds is 4. The molecule has 1 aromatic carbocycles. The van der Waals surface area contributed by atoms with Crippen molar-refractivity contribution in [3.05, 3.63) is 28.8 Å². The number of likely N-dealkylation sites (N-methyl/N-ethyl adjacent to an activating group) is 1. The fraction of sp³-hybridized carbons (Fsp3) is 0.538. The van der Waals surface area contributed by atoms with Gasteiger partial charge >= 0.3 is 0 Å². The Morgan fingerprint density at radius 3 is 2.38 bits per heavy atom. The highest BCUT2D eigenvalue weighted by Crippen LogP contribution is 2.27. The Kier molecular flexibility index (Phi) is 4.33. The summed E-state index contributed by atoms with van der Waals surface area (Å²) in [6, 6.07) is 4.00. The number of hydrogen-bond donors (Lipinski definition) is 2. The Balaban J connectivity index is 3.10. The molecule has 2 atom stereocenters. The molecule has 3 nitrogen and oxygen atoms in total. The largest absolute Gasteiger partial charge is 0.496 e. The molecule has 2 unspecified atom stereocenters. The minimum atomic E-state index is -0.491. The normalized spacial score (nSPS) is 14.6. The molecule has 90 valence electrons. The van der Waals surface area contributed by atoms with Crippen LogP contribution < -0.4 is 10.1 Å². The molecule has 16 heavy (non-hydrogen) atoms. The van der Waals surface area contributed by atoms with Crippen molar-refractivity contribution in [3.63, 3.8) is 0 Å². The van der Waals surface area contributed by atoms with E-state index in [1.54, 1.807) is 7.11 Å². The topological polar surface area (TPSA) is 41.5 Å². The highest BCUT2D eigenvalue weighted by atomic mass is 16.5. The molecule has 3 heteroatoms. The first kappa shape index (κ1) is 13.0. The van der Waals surface area contributed by atoms with Crippen LogP contribution in [0.4, 0.5) is 0 Å². The molecule has 0 aromatic heterocycles. The summed E-state index contributed by atoms with van der Waals surface area (Å²) in [5, 5.41) is 13.2. The minimum absolute atomic E-state index is 0.0338. The van der Waals surface area contributed by atoms with E-state index in [2.05, 4.69) is 5.32 Å². The number of ether oxygens (including phenoxy) is 1. The van der Waals surface area contributed by atoms with Crippen LogP contribution >= 0.6 is 0 Å². The van der Waals surface area contributed by atoms with Crippen molar-refractivity contribution in [1.29, 1.82) is 0 Å². The fourth-order valence-electron chi connectivity index (χ4n) is 1.78. The summed E-state index contributed by atoms with van der Waals surface area (Å²) in [5.41, 5.74) is 3.06. The number of nitrogens with one attached hydrogen (secondary N) is 1. The third-order valence-electron chi connectivity index (χ3n) is 3.03. The Morgan fingerprint density at radius 1 is 1.25 bits per heavy atom. The van der Waals surface area contributed by atoms with Gasteiger partial charge in [-0.3, -0.25) is 0 Å². The molecule has 1 rings (SSSR count). The molecule has 0 spiro atoms. The SMILES string of the molecule is CNC(C)C(O)c1cc(C)c(OC)cc1C. The van der Waals surface area contributed by atoms with Crippen molar-refractivity contribution in [2.75, 3.05) is 14.2 Å². The van der Waals surface area contributed by atoms with Crippen molar-refractivity contribution < 1.29 is 9.84 Å². The third-order valence-corrected chi connectivity index (χ3v) is 3.03. The molecule has 0 heterocycles. The van der Waals surface area contributed by atoms with Gasteiger partial charge < -0.3 is 15.2 Å². The molecule has 0 saturated carbocycles. The highest BCUT2D eigenvalue weighted by Gasteiger charge is 2.17. The zero-order chi connectivity index (χ0) is 12.3. The van der Waals surface area contributed by atoms with Gasteiger partial charge in [-0.05, 0) is 56.6 Å². The molecule has 0 radical (unpaired) electrons. The predicted octanol–water partition coefficient (Wildman–Crippen LogP) is 1.95. The van der Waals surface area contributed by atoms with Crippen LogP contribution in [0.3, 0.4) is 0 Å². The summed E-state index contributed by atoms with van der Waals surface area (Å²) in [5.74, 6) is 0.866. The first-order chi connectivity index (χ1) is 7.51. The van der Waals surface area contributed by atoms with E-state index in [1.807, 2.05) is 40.0 Å². The fourth-order valence-corrected chi connectivity index (χ4v) is 1.78. The average Bonchev–Trinajstić information content (AvgIpc) is 2.29. The van der Waals surface area contributed by atoms with E-state index >= 15 is 0 Å². The quantitative estimate of drug-likeness (QED) is 0.820. The summed E-state index contributed by atoms with van der Waals surface area (Å²) < 4.78 is 5.25. The maximum Gasteiger partial charge on any atom is 0.122 e. The average molecular weight is 223 g/mol. The lowest BCUT2D eigenvalue weighted by molar-refractivity contribution is 0.139. The van der Waals surface area contributed by atoms with Crippen LogP contribution in [0.1, 0.15) is 29.7 Å². The van der Waals surface area contributed by atoms with E-state index in [1.165, 1.54) is 0 Å². The van der Waals surface area contributed by atoms with Crippen LogP contribution in [-0.4, -0.2) is 25.3 Å². The summed E-state index contributed by atoms with van der Waals surface area (Å²) in [6.07, 6.45) is -0.491. The number of aryl methyl sites for hydroxylation is 2. The molecular formula is C13H21NO2. The van der Waals surface area contributed by atoms with Crippen molar-refractivity contribution in [1.82, 2.24) is 5.32 Å². The molecule has 0 saturated heterocycles. The van der Waals surface area contributed by atoms with E-state index in [-0.39, 0.29) is 6.04 Å². The molecule has 0 aliphatic carbocycles. The monoisotopic (exact) mass is 223 g/mol. The van der Waals surface area contributed by atoms with Gasteiger partial charge in [-0.25, -0.2) is 0 Å². The number of aliphatic hydroxyl groups is 1. The lowest BCUT2D eigenvalue weighted by Gasteiger charge is -2.21. The highest BCUT2D eigenvalue weighted by molar-refractivity contribution is 5.42. The van der Waals surface area contributed by atoms with E-state index in [0.29, 0.717) is 0 Å². The second kappa shape index (κ2) is 5.32. The number of methoxy groups -OCH3 is 1. The van der Waals surface area contributed by atoms with E-state index in [0.717, 1.165) is 22.4 Å². The summed E-state index contributed by atoms with van der Waals surface area (Å²) in [7, 11) is 3.51. The summed E-state index contributed by atoms with van der Waals surface area (Å²) in [4.78, 5) is 0. The van der Waals surface area contributed by atoms with Crippen LogP contribution in [-0.2, 0) is 0 Å². The Bertz CT molecular complexity index is 363. The van der Waals surface area contributed by atoms with Crippen LogP contribution in [0.15, 0.2) is 12.1 Å². The Hall–Kier alpha value is -1.06. The maximum absolute atomic E-state index is 10.2. The molecule has 0 aliphatic heterocycles. The van der Waals surface area contributed by atoms with E-state index in [4.69, 9.17) is 4.74 Å². The zero-order valence-corrected chi connectivity index (χ0v) is 10.7.